The first-order valence-electron chi connectivity index (χ1n) is 13.5. The predicted molar refractivity (Wildman–Crippen MR) is 158 cm³/mol. The molecule has 204 valence electrons. The molecule has 1 aliphatic carbocycles. The Balaban J connectivity index is 1.44. The van der Waals surface area contributed by atoms with Crippen molar-refractivity contribution in [1.82, 2.24) is 15.3 Å². The summed E-state index contributed by atoms with van der Waals surface area (Å²) >= 11 is 1.75. The molecule has 7 nitrogen and oxygen atoms in total. The van der Waals surface area contributed by atoms with Gasteiger partial charge in [0.1, 0.15) is 17.4 Å². The molecule has 0 bridgehead atoms. The molecule has 0 amide bonds. The zero-order chi connectivity index (χ0) is 27.5. The van der Waals surface area contributed by atoms with Crippen LogP contribution in [-0.4, -0.2) is 35.2 Å². The topological polar surface area (TPSA) is 96.4 Å². The molecule has 5 rings (SSSR count). The molecule has 0 radical (unpaired) electrons. The number of fused-ring (bicyclic) bond motifs is 1. The van der Waals surface area contributed by atoms with E-state index in [4.69, 9.17) is 14.7 Å². The van der Waals surface area contributed by atoms with E-state index in [0.29, 0.717) is 18.7 Å². The van der Waals surface area contributed by atoms with Gasteiger partial charge in [0.05, 0.1) is 24.6 Å². The minimum Gasteiger partial charge on any atom is -0.496 e. The molecule has 0 spiro atoms. The van der Waals surface area contributed by atoms with Crippen LogP contribution < -0.4 is 15.4 Å². The molecular weight excluding hydrogens is 508 g/mol. The van der Waals surface area contributed by atoms with E-state index in [1.165, 1.54) is 21.6 Å². The Kier molecular flexibility index (Phi) is 8.14. The van der Waals surface area contributed by atoms with Crippen LogP contribution >= 0.6 is 11.3 Å². The molecule has 1 fully saturated rings. The fourth-order valence-electron chi connectivity index (χ4n) is 5.69. The largest absolute Gasteiger partial charge is 0.496 e. The molecule has 8 heteroatoms. The quantitative estimate of drug-likeness (QED) is 0.210. The van der Waals surface area contributed by atoms with Gasteiger partial charge >= 0.3 is 5.97 Å². The van der Waals surface area contributed by atoms with Gasteiger partial charge in [-0.3, -0.25) is 4.79 Å². The molecule has 1 saturated carbocycles. The van der Waals surface area contributed by atoms with Gasteiger partial charge in [-0.25, -0.2) is 9.97 Å². The second-order valence-corrected chi connectivity index (χ2v) is 11.4. The fourth-order valence-corrected chi connectivity index (χ4v) is 6.61. The molecule has 2 aromatic carbocycles. The molecule has 2 heterocycles. The van der Waals surface area contributed by atoms with Crippen molar-refractivity contribution in [3.8, 4) is 16.9 Å². The number of benzene rings is 2. The van der Waals surface area contributed by atoms with E-state index < -0.39 is 5.97 Å². The van der Waals surface area contributed by atoms with Crippen molar-refractivity contribution in [3.63, 3.8) is 0 Å². The van der Waals surface area contributed by atoms with Gasteiger partial charge in [0.25, 0.3) is 0 Å². The number of carbonyl (C=O) groups is 1. The average molecular weight is 545 g/mol. The molecule has 0 aliphatic heterocycles. The fraction of sp³-hybridized carbons (Fsp3) is 0.387. The van der Waals surface area contributed by atoms with E-state index in [2.05, 4.69) is 59.3 Å². The maximum Gasteiger partial charge on any atom is 0.306 e. The molecular formula is C31H36N4O3S. The number of methoxy groups -OCH3 is 1. The Morgan fingerprint density at radius 3 is 2.64 bits per heavy atom. The van der Waals surface area contributed by atoms with E-state index in [9.17, 15) is 9.90 Å². The lowest BCUT2D eigenvalue weighted by Crippen LogP contribution is -2.20. The first-order chi connectivity index (χ1) is 18.9. The second kappa shape index (κ2) is 11.7. The summed E-state index contributed by atoms with van der Waals surface area (Å²) in [5.74, 6) is 1.62. The molecule has 1 aliphatic rings. The molecule has 4 aromatic rings. The van der Waals surface area contributed by atoms with Gasteiger partial charge in [-0.05, 0) is 92.3 Å². The van der Waals surface area contributed by atoms with Crippen LogP contribution in [0.2, 0.25) is 0 Å². The molecule has 1 atom stereocenters. The third kappa shape index (κ3) is 5.77. The number of carboxylic acids is 1. The number of aryl methyl sites for hydroxylation is 1. The predicted octanol–water partition coefficient (Wildman–Crippen LogP) is 6.93. The third-order valence-corrected chi connectivity index (χ3v) is 8.89. The number of aromatic nitrogens is 2. The number of ether oxygens (including phenoxy) is 1. The Labute approximate surface area is 233 Å². The van der Waals surface area contributed by atoms with E-state index in [1.807, 2.05) is 20.0 Å². The zero-order valence-electron chi connectivity index (χ0n) is 23.0. The van der Waals surface area contributed by atoms with E-state index in [1.54, 1.807) is 18.4 Å². The Morgan fingerprint density at radius 2 is 1.92 bits per heavy atom. The van der Waals surface area contributed by atoms with Crippen LogP contribution in [-0.2, 0) is 11.3 Å². The molecule has 3 N–H and O–H groups in total. The summed E-state index contributed by atoms with van der Waals surface area (Å²) in [4.78, 5) is 22.2. The lowest BCUT2D eigenvalue weighted by molar-refractivity contribution is -0.142. The van der Waals surface area contributed by atoms with Crippen LogP contribution in [0.25, 0.3) is 22.0 Å². The highest BCUT2D eigenvalue weighted by molar-refractivity contribution is 7.10. The lowest BCUT2D eigenvalue weighted by Gasteiger charge is -2.28. The summed E-state index contributed by atoms with van der Waals surface area (Å²) < 4.78 is 5.78. The zero-order valence-corrected chi connectivity index (χ0v) is 23.8. The maximum absolute atomic E-state index is 11.5. The highest BCUT2D eigenvalue weighted by atomic mass is 32.1. The summed E-state index contributed by atoms with van der Waals surface area (Å²) in [7, 11) is 3.66. The minimum absolute atomic E-state index is 0.0502. The summed E-state index contributed by atoms with van der Waals surface area (Å²) in [6.45, 7) is 4.89. The second-order valence-electron chi connectivity index (χ2n) is 10.4. The van der Waals surface area contributed by atoms with Crippen LogP contribution in [0.5, 0.6) is 5.75 Å². The van der Waals surface area contributed by atoms with Gasteiger partial charge in [-0.1, -0.05) is 24.3 Å². The van der Waals surface area contributed by atoms with Gasteiger partial charge in [0, 0.05) is 22.9 Å². The van der Waals surface area contributed by atoms with Gasteiger partial charge in [-0.15, -0.1) is 11.3 Å². The normalized spacial score (nSPS) is 18.2. The Morgan fingerprint density at radius 1 is 1.15 bits per heavy atom. The molecule has 0 saturated heterocycles. The highest BCUT2D eigenvalue weighted by Crippen LogP contribution is 2.42. The number of thiophene rings is 1. The van der Waals surface area contributed by atoms with Gasteiger partial charge in [-0.2, -0.15) is 0 Å². The Bertz CT molecular complexity index is 1480. The summed E-state index contributed by atoms with van der Waals surface area (Å²) in [5, 5.41) is 19.5. The van der Waals surface area contributed by atoms with E-state index in [-0.39, 0.29) is 17.9 Å². The van der Waals surface area contributed by atoms with Crippen molar-refractivity contribution in [3.05, 3.63) is 69.7 Å². The van der Waals surface area contributed by atoms with Crippen molar-refractivity contribution in [1.29, 1.82) is 0 Å². The van der Waals surface area contributed by atoms with Crippen molar-refractivity contribution in [2.24, 2.45) is 5.92 Å². The third-order valence-electron chi connectivity index (χ3n) is 7.77. The number of nitrogens with zero attached hydrogens (tertiary/aromatic N) is 2. The van der Waals surface area contributed by atoms with Crippen molar-refractivity contribution in [2.45, 2.75) is 58.0 Å². The maximum atomic E-state index is 11.5. The SMILES string of the molecule is CNCc1ccccc1-c1csc([C@@H](C)Nc2nc(C)nc3cc(OC)c(C4CCC(C(=O)O)CC4)cc23)c1. The number of rotatable bonds is 9. The first-order valence-corrected chi connectivity index (χ1v) is 14.4. The summed E-state index contributed by atoms with van der Waals surface area (Å²) in [6, 6.07) is 15.0. The monoisotopic (exact) mass is 544 g/mol. The number of aliphatic carboxylic acids is 1. The van der Waals surface area contributed by atoms with Crippen molar-refractivity contribution >= 4 is 34.0 Å². The van der Waals surface area contributed by atoms with Crippen LogP contribution in [0.15, 0.2) is 47.8 Å². The van der Waals surface area contributed by atoms with Crippen LogP contribution in [0.1, 0.15) is 66.4 Å². The van der Waals surface area contributed by atoms with Crippen molar-refractivity contribution in [2.75, 3.05) is 19.5 Å². The van der Waals surface area contributed by atoms with Gasteiger partial charge < -0.3 is 20.5 Å². The van der Waals surface area contributed by atoms with Crippen LogP contribution in [0.3, 0.4) is 0 Å². The lowest BCUT2D eigenvalue weighted by atomic mass is 9.78. The van der Waals surface area contributed by atoms with Gasteiger partial charge in [0.2, 0.25) is 0 Å². The number of hydrogen-bond acceptors (Lipinski definition) is 7. The van der Waals surface area contributed by atoms with E-state index in [0.717, 1.165) is 47.4 Å². The Hall–Kier alpha value is -3.49. The van der Waals surface area contributed by atoms with Crippen molar-refractivity contribution < 1.29 is 14.6 Å². The number of carboxylic acid groups (broad SMARTS) is 1. The molecule has 0 unspecified atom stereocenters. The minimum atomic E-state index is -0.689. The van der Waals surface area contributed by atoms with Gasteiger partial charge in [0.15, 0.2) is 0 Å². The summed E-state index contributed by atoms with van der Waals surface area (Å²) in [5.41, 5.74) is 5.70. The highest BCUT2D eigenvalue weighted by Gasteiger charge is 2.29. The average Bonchev–Trinajstić information content (AvgIpc) is 3.43. The summed E-state index contributed by atoms with van der Waals surface area (Å²) in [6.07, 6.45) is 3.03. The number of hydrogen-bond donors (Lipinski definition) is 3. The number of nitrogens with one attached hydrogen (secondary N) is 2. The molecule has 2 aromatic heterocycles. The van der Waals surface area contributed by atoms with Crippen LogP contribution in [0, 0.1) is 12.8 Å². The smallest absolute Gasteiger partial charge is 0.306 e. The first kappa shape index (κ1) is 27.1. The molecule has 39 heavy (non-hydrogen) atoms. The van der Waals surface area contributed by atoms with Crippen LogP contribution in [0.4, 0.5) is 5.82 Å². The number of anilines is 1. The van der Waals surface area contributed by atoms with E-state index >= 15 is 0 Å². The standard InChI is InChI=1S/C31H36N4O3S/c1-18(29-13-23(17-39-29)24-8-6-5-7-22(24)16-32-3)33-30-26-14-25(20-9-11-21(12-10-20)31(36)37)28(38-4)15-27(26)34-19(2)35-30/h5-8,13-15,17-18,20-21,32H,9-12,16H2,1-4H3,(H,36,37)(H,33,34,35)/t18-,20?,21?/m1/s1.